The first-order valence-electron chi connectivity index (χ1n) is 5.22. The van der Waals surface area contributed by atoms with Gasteiger partial charge in [0.2, 0.25) is 0 Å². The number of nitrogens with one attached hydrogen (secondary N) is 1. The predicted molar refractivity (Wildman–Crippen MR) is 65.5 cm³/mol. The van der Waals surface area contributed by atoms with Gasteiger partial charge in [0.15, 0.2) is 0 Å². The maximum atomic E-state index is 10.8. The summed E-state index contributed by atoms with van der Waals surface area (Å²) in [6.07, 6.45) is 0. The second kappa shape index (κ2) is 5.84. The molecule has 1 aromatic rings. The minimum atomic E-state index is -1.07. The highest BCUT2D eigenvalue weighted by atomic mass is 35.5. The zero-order valence-corrected chi connectivity index (χ0v) is 10.4. The number of nitrogens with zero attached hydrogens (tertiary/aromatic N) is 1. The van der Waals surface area contributed by atoms with Crippen LogP contribution in [0.3, 0.4) is 0 Å². The predicted octanol–water partition coefficient (Wildman–Crippen LogP) is 1.86. The summed E-state index contributed by atoms with van der Waals surface area (Å²) in [6, 6.07) is 2.47. The van der Waals surface area contributed by atoms with Gasteiger partial charge in [0.05, 0.1) is 18.2 Å². The molecule has 1 atom stereocenters. The first kappa shape index (κ1) is 13.7. The normalized spacial score (nSPS) is 12.5. The number of hydrogen-bond acceptors (Lipinski definition) is 4. The molecule has 0 bridgehead atoms. The van der Waals surface area contributed by atoms with E-state index in [1.165, 1.54) is 12.1 Å². The third-order valence-corrected chi connectivity index (χ3v) is 2.57. The van der Waals surface area contributed by atoms with Gasteiger partial charge < -0.3 is 15.5 Å². The van der Waals surface area contributed by atoms with E-state index in [2.05, 4.69) is 10.3 Å². The number of aliphatic hydroxyl groups is 1. The number of rotatable bonds is 5. The average molecular weight is 259 g/mol. The van der Waals surface area contributed by atoms with Crippen molar-refractivity contribution >= 4 is 23.4 Å². The van der Waals surface area contributed by atoms with Crippen LogP contribution < -0.4 is 5.32 Å². The number of hydrogen-bond donors (Lipinski definition) is 3. The fourth-order valence-electron chi connectivity index (χ4n) is 1.31. The molecule has 0 aromatic carbocycles. The molecule has 1 aromatic heterocycles. The molecule has 6 heteroatoms. The largest absolute Gasteiger partial charge is 0.478 e. The first-order valence-corrected chi connectivity index (χ1v) is 5.60. The molecule has 0 amide bonds. The SMILES string of the molecule is CC(C)[C@@H](CO)Nc1cc(C(=O)O)cc(Cl)n1. The molecule has 0 saturated carbocycles. The topological polar surface area (TPSA) is 82.5 Å². The molecule has 0 aliphatic carbocycles. The summed E-state index contributed by atoms with van der Waals surface area (Å²) in [4.78, 5) is 14.8. The monoisotopic (exact) mass is 258 g/mol. The van der Waals surface area contributed by atoms with E-state index in [1.807, 2.05) is 13.8 Å². The molecule has 94 valence electrons. The second-order valence-electron chi connectivity index (χ2n) is 4.05. The van der Waals surface area contributed by atoms with Gasteiger partial charge in [0.25, 0.3) is 0 Å². The van der Waals surface area contributed by atoms with E-state index in [0.717, 1.165) is 0 Å². The van der Waals surface area contributed by atoms with E-state index in [0.29, 0.717) is 5.82 Å². The molecule has 0 saturated heterocycles. The van der Waals surface area contributed by atoms with Crippen molar-refractivity contribution < 1.29 is 15.0 Å². The zero-order chi connectivity index (χ0) is 13.0. The van der Waals surface area contributed by atoms with Crippen LogP contribution in [0.5, 0.6) is 0 Å². The van der Waals surface area contributed by atoms with Gasteiger partial charge in [-0.25, -0.2) is 9.78 Å². The number of halogens is 1. The second-order valence-corrected chi connectivity index (χ2v) is 4.43. The molecule has 17 heavy (non-hydrogen) atoms. The summed E-state index contributed by atoms with van der Waals surface area (Å²) in [5.74, 6) is -0.529. The summed E-state index contributed by atoms with van der Waals surface area (Å²) in [5, 5.41) is 21.1. The molecule has 0 spiro atoms. The molecule has 1 heterocycles. The smallest absolute Gasteiger partial charge is 0.335 e. The van der Waals surface area contributed by atoms with Gasteiger partial charge in [-0.3, -0.25) is 0 Å². The van der Waals surface area contributed by atoms with Crippen LogP contribution in [-0.2, 0) is 0 Å². The summed E-state index contributed by atoms with van der Waals surface area (Å²) in [5.41, 5.74) is 0.0629. The van der Waals surface area contributed by atoms with E-state index < -0.39 is 5.97 Å². The standard InChI is InChI=1S/C11H15ClN2O3/c1-6(2)8(5-15)13-10-4-7(11(16)17)3-9(12)14-10/h3-4,6,8,15H,5H2,1-2H3,(H,13,14)(H,16,17)/t8-/m1/s1. The van der Waals surface area contributed by atoms with Crippen molar-refractivity contribution in [3.8, 4) is 0 Å². The first-order chi connectivity index (χ1) is 7.93. The van der Waals surface area contributed by atoms with Gasteiger partial charge in [-0.15, -0.1) is 0 Å². The number of aromatic nitrogens is 1. The van der Waals surface area contributed by atoms with Crippen LogP contribution >= 0.6 is 11.6 Å². The van der Waals surface area contributed by atoms with Crippen LogP contribution in [0.15, 0.2) is 12.1 Å². The highest BCUT2D eigenvalue weighted by molar-refractivity contribution is 6.29. The van der Waals surface area contributed by atoms with Gasteiger partial charge >= 0.3 is 5.97 Å². The summed E-state index contributed by atoms with van der Waals surface area (Å²) in [7, 11) is 0. The molecule has 0 unspecified atom stereocenters. The Kier molecular flexibility index (Phi) is 4.72. The van der Waals surface area contributed by atoms with E-state index in [-0.39, 0.29) is 29.3 Å². The molecular formula is C11H15ClN2O3. The van der Waals surface area contributed by atoms with Crippen LogP contribution in [0.4, 0.5) is 5.82 Å². The van der Waals surface area contributed by atoms with E-state index >= 15 is 0 Å². The molecule has 0 radical (unpaired) electrons. The van der Waals surface area contributed by atoms with E-state index in [9.17, 15) is 4.79 Å². The van der Waals surface area contributed by atoms with Crippen molar-refractivity contribution in [2.45, 2.75) is 19.9 Å². The number of aromatic carboxylic acids is 1. The minimum absolute atomic E-state index is 0.0612. The summed E-state index contributed by atoms with van der Waals surface area (Å²) < 4.78 is 0. The fraction of sp³-hybridized carbons (Fsp3) is 0.455. The molecule has 3 N–H and O–H groups in total. The fourth-order valence-corrected chi connectivity index (χ4v) is 1.52. The Hall–Kier alpha value is -1.33. The van der Waals surface area contributed by atoms with Crippen molar-refractivity contribution in [1.82, 2.24) is 4.98 Å². The van der Waals surface area contributed by atoms with Crippen molar-refractivity contribution in [2.75, 3.05) is 11.9 Å². The number of pyridine rings is 1. The van der Waals surface area contributed by atoms with Crippen molar-refractivity contribution in [2.24, 2.45) is 5.92 Å². The highest BCUT2D eigenvalue weighted by Gasteiger charge is 2.14. The lowest BCUT2D eigenvalue weighted by molar-refractivity contribution is 0.0697. The molecule has 5 nitrogen and oxygen atoms in total. The van der Waals surface area contributed by atoms with Gasteiger partial charge in [0, 0.05) is 0 Å². The van der Waals surface area contributed by atoms with Crippen molar-refractivity contribution in [3.63, 3.8) is 0 Å². The molecule has 0 aliphatic rings. The number of carbonyl (C=O) groups is 1. The Balaban J connectivity index is 2.94. The average Bonchev–Trinajstić information content (AvgIpc) is 2.24. The van der Waals surface area contributed by atoms with Gasteiger partial charge in [-0.2, -0.15) is 0 Å². The van der Waals surface area contributed by atoms with Crippen LogP contribution in [0.25, 0.3) is 0 Å². The Bertz CT molecular complexity index is 410. The van der Waals surface area contributed by atoms with E-state index in [1.54, 1.807) is 0 Å². The maximum Gasteiger partial charge on any atom is 0.335 e. The van der Waals surface area contributed by atoms with Gasteiger partial charge in [-0.1, -0.05) is 25.4 Å². The van der Waals surface area contributed by atoms with Crippen molar-refractivity contribution in [3.05, 3.63) is 22.8 Å². The van der Waals surface area contributed by atoms with Crippen LogP contribution in [0.2, 0.25) is 5.15 Å². The number of carboxylic acid groups (broad SMARTS) is 1. The molecule has 0 fully saturated rings. The number of carboxylic acids is 1. The maximum absolute atomic E-state index is 10.8. The van der Waals surface area contributed by atoms with Gasteiger partial charge in [-0.05, 0) is 18.1 Å². The molecular weight excluding hydrogens is 244 g/mol. The van der Waals surface area contributed by atoms with Crippen LogP contribution in [-0.4, -0.2) is 33.8 Å². The van der Waals surface area contributed by atoms with Gasteiger partial charge in [0.1, 0.15) is 11.0 Å². The third-order valence-electron chi connectivity index (χ3n) is 2.38. The summed E-state index contributed by atoms with van der Waals surface area (Å²) in [6.45, 7) is 3.82. The molecule has 1 rings (SSSR count). The van der Waals surface area contributed by atoms with Crippen molar-refractivity contribution in [1.29, 1.82) is 0 Å². The van der Waals surface area contributed by atoms with E-state index in [4.69, 9.17) is 21.8 Å². The Morgan fingerprint density at radius 2 is 2.18 bits per heavy atom. The highest BCUT2D eigenvalue weighted by Crippen LogP contribution is 2.17. The van der Waals surface area contributed by atoms with Crippen LogP contribution in [0.1, 0.15) is 24.2 Å². The third kappa shape index (κ3) is 3.87. The zero-order valence-electron chi connectivity index (χ0n) is 9.64. The number of anilines is 1. The Labute approximate surface area is 104 Å². The Morgan fingerprint density at radius 3 is 2.65 bits per heavy atom. The molecule has 0 aliphatic heterocycles. The van der Waals surface area contributed by atoms with Crippen LogP contribution in [0, 0.1) is 5.92 Å². The summed E-state index contributed by atoms with van der Waals surface area (Å²) >= 11 is 5.72. The lowest BCUT2D eigenvalue weighted by Gasteiger charge is -2.20. The lowest BCUT2D eigenvalue weighted by atomic mass is 10.1. The quantitative estimate of drug-likeness (QED) is 0.703. The number of aliphatic hydroxyl groups excluding tert-OH is 1. The lowest BCUT2D eigenvalue weighted by Crippen LogP contribution is -2.29. The minimum Gasteiger partial charge on any atom is -0.478 e. The Morgan fingerprint density at radius 1 is 1.53 bits per heavy atom.